The Balaban J connectivity index is 1.57. The number of benzene rings is 1. The summed E-state index contributed by atoms with van der Waals surface area (Å²) in [5.41, 5.74) is 1.94. The molecule has 146 valence electrons. The van der Waals surface area contributed by atoms with Gasteiger partial charge >= 0.3 is 0 Å². The standard InChI is InChI=1S/C19H22F3N3OS/c1-11-8-13(20)18(22)16(17(11)21)12-9-15-14(23-19(27)25(15)10-12)2-3-24-4-6-26-7-5-24/h8,12H,2-7,9-10H2,1H3,(H,23,27)/t12-/m0/s1. The molecule has 2 aliphatic rings. The number of aromatic amines is 1. The molecule has 27 heavy (non-hydrogen) atoms. The van der Waals surface area contributed by atoms with Gasteiger partial charge in [0.2, 0.25) is 0 Å². The molecule has 3 heterocycles. The van der Waals surface area contributed by atoms with Crippen LogP contribution in [-0.2, 0) is 24.1 Å². The minimum Gasteiger partial charge on any atom is -0.379 e. The van der Waals surface area contributed by atoms with Crippen molar-refractivity contribution in [3.8, 4) is 0 Å². The van der Waals surface area contributed by atoms with Crippen LogP contribution < -0.4 is 0 Å². The summed E-state index contributed by atoms with van der Waals surface area (Å²) in [4.78, 5) is 5.56. The number of ether oxygens (including phenoxy) is 1. The van der Waals surface area contributed by atoms with E-state index in [-0.39, 0.29) is 11.1 Å². The second-order valence-electron chi connectivity index (χ2n) is 7.29. The van der Waals surface area contributed by atoms with E-state index < -0.39 is 23.4 Å². The lowest BCUT2D eigenvalue weighted by molar-refractivity contribution is 0.0383. The lowest BCUT2D eigenvalue weighted by atomic mass is 9.93. The number of fused-ring (bicyclic) bond motifs is 1. The van der Waals surface area contributed by atoms with Gasteiger partial charge in [-0.2, -0.15) is 0 Å². The minimum absolute atomic E-state index is 0.123. The summed E-state index contributed by atoms with van der Waals surface area (Å²) >= 11 is 5.40. The average Bonchev–Trinajstić information content (AvgIpc) is 3.20. The van der Waals surface area contributed by atoms with E-state index in [1.807, 2.05) is 4.57 Å². The summed E-state index contributed by atoms with van der Waals surface area (Å²) < 4.78 is 50.5. The molecule has 0 aliphatic carbocycles. The monoisotopic (exact) mass is 397 g/mol. The predicted molar refractivity (Wildman–Crippen MR) is 98.1 cm³/mol. The summed E-state index contributed by atoms with van der Waals surface area (Å²) in [5.74, 6) is -3.20. The van der Waals surface area contributed by atoms with Crippen LogP contribution >= 0.6 is 12.2 Å². The number of aryl methyl sites for hydroxylation is 1. The van der Waals surface area contributed by atoms with E-state index >= 15 is 0 Å². The van der Waals surface area contributed by atoms with E-state index in [1.165, 1.54) is 6.92 Å². The molecule has 0 spiro atoms. The number of halogens is 3. The van der Waals surface area contributed by atoms with Crippen molar-refractivity contribution in [3.05, 3.63) is 50.8 Å². The molecule has 0 amide bonds. The van der Waals surface area contributed by atoms with Crippen LogP contribution in [0.2, 0.25) is 0 Å². The van der Waals surface area contributed by atoms with Crippen molar-refractivity contribution < 1.29 is 17.9 Å². The van der Waals surface area contributed by atoms with Crippen LogP contribution in [0, 0.1) is 29.1 Å². The molecule has 1 fully saturated rings. The van der Waals surface area contributed by atoms with Crippen LogP contribution in [0.25, 0.3) is 0 Å². The number of hydrogen-bond acceptors (Lipinski definition) is 3. The van der Waals surface area contributed by atoms with Crippen molar-refractivity contribution in [2.75, 3.05) is 32.8 Å². The van der Waals surface area contributed by atoms with Crippen LogP contribution in [0.5, 0.6) is 0 Å². The fourth-order valence-corrected chi connectivity index (χ4v) is 4.41. The quantitative estimate of drug-likeness (QED) is 0.633. The number of rotatable bonds is 4. The second kappa shape index (κ2) is 7.41. The Morgan fingerprint density at radius 2 is 1.96 bits per heavy atom. The molecule has 4 nitrogen and oxygen atoms in total. The Bertz CT molecular complexity index is 892. The lowest BCUT2D eigenvalue weighted by Crippen LogP contribution is -2.37. The molecule has 1 aromatic carbocycles. The van der Waals surface area contributed by atoms with Crippen LogP contribution in [0.1, 0.15) is 28.4 Å². The first-order valence-corrected chi connectivity index (χ1v) is 9.61. The first kappa shape index (κ1) is 18.7. The molecule has 2 aromatic rings. The highest BCUT2D eigenvalue weighted by atomic mass is 32.1. The van der Waals surface area contributed by atoms with Gasteiger partial charge in [0.05, 0.1) is 13.2 Å². The van der Waals surface area contributed by atoms with Gasteiger partial charge in [-0.3, -0.25) is 4.90 Å². The summed E-state index contributed by atoms with van der Waals surface area (Å²) in [6.45, 7) is 5.97. The second-order valence-corrected chi connectivity index (χ2v) is 7.67. The van der Waals surface area contributed by atoms with Gasteiger partial charge in [-0.15, -0.1) is 0 Å². The fraction of sp³-hybridized carbons (Fsp3) is 0.526. The van der Waals surface area contributed by atoms with Crippen LogP contribution in [0.4, 0.5) is 13.2 Å². The maximum atomic E-state index is 14.5. The fourth-order valence-electron chi connectivity index (χ4n) is 4.11. The Labute approximate surface area is 160 Å². The lowest BCUT2D eigenvalue weighted by Gasteiger charge is -2.26. The highest BCUT2D eigenvalue weighted by Gasteiger charge is 2.32. The van der Waals surface area contributed by atoms with E-state index in [0.29, 0.717) is 17.7 Å². The van der Waals surface area contributed by atoms with Crippen LogP contribution in [-0.4, -0.2) is 47.3 Å². The van der Waals surface area contributed by atoms with Crippen molar-refractivity contribution in [1.29, 1.82) is 0 Å². The highest BCUT2D eigenvalue weighted by molar-refractivity contribution is 7.71. The largest absolute Gasteiger partial charge is 0.379 e. The minimum atomic E-state index is -1.08. The SMILES string of the molecule is Cc1cc(F)c(F)c([C@H]2Cc3c(CCN4CCOCC4)[nH]c(=S)n3C2)c1F. The number of imidazole rings is 1. The van der Waals surface area contributed by atoms with Crippen molar-refractivity contribution in [1.82, 2.24) is 14.5 Å². The first-order chi connectivity index (χ1) is 13.0. The van der Waals surface area contributed by atoms with Gasteiger partial charge in [0.1, 0.15) is 5.82 Å². The maximum Gasteiger partial charge on any atom is 0.177 e. The smallest absolute Gasteiger partial charge is 0.177 e. The zero-order valence-electron chi connectivity index (χ0n) is 15.2. The number of nitrogens with zero attached hydrogens (tertiary/aromatic N) is 2. The Kier molecular flexibility index (Phi) is 5.13. The van der Waals surface area contributed by atoms with Gasteiger partial charge in [-0.25, -0.2) is 13.2 Å². The van der Waals surface area contributed by atoms with Gasteiger partial charge in [-0.05, 0) is 37.2 Å². The van der Waals surface area contributed by atoms with Gasteiger partial charge < -0.3 is 14.3 Å². The van der Waals surface area contributed by atoms with Crippen molar-refractivity contribution >= 4 is 12.2 Å². The molecule has 0 saturated carbocycles. The number of nitrogens with one attached hydrogen (secondary N) is 1. The summed E-state index contributed by atoms with van der Waals surface area (Å²) in [6, 6.07) is 0.906. The Morgan fingerprint density at radius 1 is 1.22 bits per heavy atom. The Hall–Kier alpha value is -1.64. The molecule has 0 bridgehead atoms. The third-order valence-electron chi connectivity index (χ3n) is 5.58. The number of hydrogen-bond donors (Lipinski definition) is 1. The molecule has 4 rings (SSSR count). The van der Waals surface area contributed by atoms with Crippen LogP contribution in [0.3, 0.4) is 0 Å². The number of H-pyrrole nitrogens is 1. The van der Waals surface area contributed by atoms with E-state index in [1.54, 1.807) is 0 Å². The molecule has 2 aliphatic heterocycles. The molecule has 1 atom stereocenters. The summed E-state index contributed by atoms with van der Waals surface area (Å²) in [6.07, 6.45) is 1.23. The summed E-state index contributed by atoms with van der Waals surface area (Å²) in [5, 5.41) is 0. The van der Waals surface area contributed by atoms with E-state index in [4.69, 9.17) is 17.0 Å². The number of morpholine rings is 1. The topological polar surface area (TPSA) is 33.2 Å². The molecule has 8 heteroatoms. The van der Waals surface area contributed by atoms with Crippen molar-refractivity contribution in [2.24, 2.45) is 0 Å². The number of aromatic nitrogens is 2. The van der Waals surface area contributed by atoms with E-state index in [0.717, 1.165) is 56.7 Å². The average molecular weight is 397 g/mol. The summed E-state index contributed by atoms with van der Waals surface area (Å²) in [7, 11) is 0. The van der Waals surface area contributed by atoms with Crippen molar-refractivity contribution in [2.45, 2.75) is 32.2 Å². The van der Waals surface area contributed by atoms with Gasteiger partial charge in [0.15, 0.2) is 16.4 Å². The van der Waals surface area contributed by atoms with E-state index in [9.17, 15) is 13.2 Å². The van der Waals surface area contributed by atoms with Gasteiger partial charge in [0.25, 0.3) is 0 Å². The zero-order chi connectivity index (χ0) is 19.1. The first-order valence-electron chi connectivity index (χ1n) is 9.20. The molecule has 0 radical (unpaired) electrons. The predicted octanol–water partition coefficient (Wildman–Crippen LogP) is 3.49. The normalized spacial score (nSPS) is 20.2. The molecule has 1 aromatic heterocycles. The van der Waals surface area contributed by atoms with Crippen LogP contribution in [0.15, 0.2) is 6.07 Å². The van der Waals surface area contributed by atoms with Gasteiger partial charge in [0, 0.05) is 55.5 Å². The Morgan fingerprint density at radius 3 is 2.70 bits per heavy atom. The van der Waals surface area contributed by atoms with E-state index in [2.05, 4.69) is 9.88 Å². The molecular weight excluding hydrogens is 375 g/mol. The zero-order valence-corrected chi connectivity index (χ0v) is 16.0. The maximum absolute atomic E-state index is 14.5. The van der Waals surface area contributed by atoms with Gasteiger partial charge in [-0.1, -0.05) is 0 Å². The highest BCUT2D eigenvalue weighted by Crippen LogP contribution is 2.36. The molecular formula is C19H22F3N3OS. The third-order valence-corrected chi connectivity index (χ3v) is 5.90. The molecule has 1 saturated heterocycles. The third kappa shape index (κ3) is 3.46. The van der Waals surface area contributed by atoms with Crippen molar-refractivity contribution in [3.63, 3.8) is 0 Å². The molecule has 1 N–H and O–H groups in total. The molecule has 0 unspecified atom stereocenters.